The van der Waals surface area contributed by atoms with E-state index in [-0.39, 0.29) is 0 Å². The lowest BCUT2D eigenvalue weighted by atomic mass is 10.1. The zero-order valence-corrected chi connectivity index (χ0v) is 35.9. The summed E-state index contributed by atoms with van der Waals surface area (Å²) in [7, 11) is 0. The van der Waals surface area contributed by atoms with Crippen LogP contribution in [0, 0.1) is 27.7 Å². The fourth-order valence-electron chi connectivity index (χ4n) is 6.15. The molecule has 14 heteroatoms. The Morgan fingerprint density at radius 3 is 0.903 bits per heavy atom. The summed E-state index contributed by atoms with van der Waals surface area (Å²) >= 11 is 0. The van der Waals surface area contributed by atoms with Crippen LogP contribution in [0.15, 0.2) is 172 Å². The summed E-state index contributed by atoms with van der Waals surface area (Å²) in [6.07, 6.45) is 2.01. The molecule has 0 fully saturated rings. The molecule has 0 heterocycles. The minimum Gasteiger partial charge on any atom is -0.374 e. The Hall–Kier alpha value is -7.16. The Morgan fingerprint density at radius 1 is 0.355 bits per heavy atom. The molecule has 0 amide bonds. The molecule has 0 saturated heterocycles. The minimum atomic E-state index is -0.574. The van der Waals surface area contributed by atoms with Crippen molar-refractivity contribution in [1.29, 1.82) is 0 Å². The fraction of sp³-hybridized carbons (Fsp3) is 0.250. The van der Waals surface area contributed by atoms with Gasteiger partial charge in [-0.15, -0.1) is 0 Å². The SMILES string of the molecule is CCCC(O)Nc1ccc(N=Nc2ccc(N=Nc3ccc(N=Nc4ccc(N=Nc5ccc(N=Nc6ccc(NC(O)CCC)cc6C)cc5C)cc4)cc3)c(C)c2)c(C)c1. The van der Waals surface area contributed by atoms with E-state index in [1.54, 1.807) is 0 Å². The molecule has 6 rings (SSSR count). The van der Waals surface area contributed by atoms with E-state index < -0.39 is 12.5 Å². The molecule has 2 unspecified atom stereocenters. The molecule has 0 spiro atoms. The summed E-state index contributed by atoms with van der Waals surface area (Å²) in [6, 6.07) is 37.4. The molecule has 0 bridgehead atoms. The van der Waals surface area contributed by atoms with Crippen LogP contribution in [0.3, 0.4) is 0 Å². The van der Waals surface area contributed by atoms with E-state index in [0.29, 0.717) is 47.0 Å². The smallest absolute Gasteiger partial charge is 0.124 e. The van der Waals surface area contributed by atoms with E-state index in [2.05, 4.69) is 61.8 Å². The third-order valence-corrected chi connectivity index (χ3v) is 9.62. The highest BCUT2D eigenvalue weighted by atomic mass is 16.3. The van der Waals surface area contributed by atoms with Crippen LogP contribution in [0.25, 0.3) is 0 Å². The second kappa shape index (κ2) is 21.9. The van der Waals surface area contributed by atoms with Crippen molar-refractivity contribution in [2.75, 3.05) is 10.6 Å². The van der Waals surface area contributed by atoms with Crippen LogP contribution in [-0.4, -0.2) is 22.7 Å². The van der Waals surface area contributed by atoms with Gasteiger partial charge >= 0.3 is 0 Å². The molecule has 0 radical (unpaired) electrons. The average Bonchev–Trinajstić information content (AvgIpc) is 3.25. The summed E-state index contributed by atoms with van der Waals surface area (Å²) < 4.78 is 0. The van der Waals surface area contributed by atoms with Crippen molar-refractivity contribution in [2.24, 2.45) is 51.1 Å². The fourth-order valence-corrected chi connectivity index (χ4v) is 6.15. The number of rotatable bonds is 18. The first kappa shape index (κ1) is 44.4. The van der Waals surface area contributed by atoms with E-state index in [1.165, 1.54) is 0 Å². The number of aliphatic hydroxyl groups is 2. The molecular weight excluding hydrogens is 777 g/mol. The van der Waals surface area contributed by atoms with Crippen molar-refractivity contribution in [3.8, 4) is 0 Å². The minimum absolute atomic E-state index is 0.574. The lowest BCUT2D eigenvalue weighted by Gasteiger charge is -2.14. The maximum Gasteiger partial charge on any atom is 0.124 e. The van der Waals surface area contributed by atoms with Gasteiger partial charge in [0.15, 0.2) is 0 Å². The number of hydrogen-bond donors (Lipinski definition) is 4. The van der Waals surface area contributed by atoms with Crippen LogP contribution < -0.4 is 10.6 Å². The molecular formula is C48H52N12O2. The Morgan fingerprint density at radius 2 is 0.613 bits per heavy atom. The van der Waals surface area contributed by atoms with E-state index in [9.17, 15) is 10.2 Å². The number of nitrogens with one attached hydrogen (secondary N) is 2. The predicted octanol–water partition coefficient (Wildman–Crippen LogP) is 16.1. The van der Waals surface area contributed by atoms with Crippen molar-refractivity contribution in [1.82, 2.24) is 0 Å². The summed E-state index contributed by atoms with van der Waals surface area (Å²) in [4.78, 5) is 0. The number of aryl methyl sites for hydroxylation is 4. The van der Waals surface area contributed by atoms with Crippen LogP contribution in [-0.2, 0) is 0 Å². The summed E-state index contributed by atoms with van der Waals surface area (Å²) in [5.41, 5.74) is 12.5. The van der Waals surface area contributed by atoms with Crippen molar-refractivity contribution < 1.29 is 10.2 Å². The van der Waals surface area contributed by atoms with Crippen molar-refractivity contribution in [3.63, 3.8) is 0 Å². The van der Waals surface area contributed by atoms with Gasteiger partial charge < -0.3 is 20.8 Å². The molecule has 4 N–H and O–H groups in total. The first-order valence-electron chi connectivity index (χ1n) is 20.7. The first-order valence-corrected chi connectivity index (χ1v) is 20.7. The molecule has 6 aromatic rings. The summed E-state index contributed by atoms with van der Waals surface area (Å²) in [5.74, 6) is 0. The Labute approximate surface area is 362 Å². The molecule has 0 saturated carbocycles. The molecule has 0 aromatic heterocycles. The third-order valence-electron chi connectivity index (χ3n) is 9.62. The monoisotopic (exact) mass is 828 g/mol. The van der Waals surface area contributed by atoms with Crippen LogP contribution in [0.1, 0.15) is 61.8 Å². The van der Waals surface area contributed by atoms with Crippen molar-refractivity contribution in [3.05, 3.63) is 144 Å². The number of anilines is 2. The van der Waals surface area contributed by atoms with Gasteiger partial charge in [-0.05, 0) is 184 Å². The number of aliphatic hydroxyl groups excluding tert-OH is 2. The van der Waals surface area contributed by atoms with Gasteiger partial charge in [-0.3, -0.25) is 0 Å². The van der Waals surface area contributed by atoms with Gasteiger partial charge in [0.25, 0.3) is 0 Å². The lowest BCUT2D eigenvalue weighted by Crippen LogP contribution is -2.17. The molecule has 0 aliphatic rings. The molecule has 316 valence electrons. The number of nitrogens with zero attached hydrogens (tertiary/aromatic N) is 10. The highest BCUT2D eigenvalue weighted by molar-refractivity contribution is 5.60. The second-order valence-corrected chi connectivity index (χ2v) is 14.9. The predicted molar refractivity (Wildman–Crippen MR) is 248 cm³/mol. The Balaban J connectivity index is 0.984. The first-order chi connectivity index (χ1) is 30.0. The van der Waals surface area contributed by atoms with Gasteiger partial charge in [0.05, 0.1) is 56.9 Å². The van der Waals surface area contributed by atoms with Crippen molar-refractivity contribution >= 4 is 68.2 Å². The molecule has 0 aliphatic heterocycles. The average molecular weight is 829 g/mol. The Kier molecular flexibility index (Phi) is 15.7. The van der Waals surface area contributed by atoms with E-state index in [0.717, 1.165) is 69.2 Å². The largest absolute Gasteiger partial charge is 0.374 e. The molecule has 62 heavy (non-hydrogen) atoms. The maximum atomic E-state index is 10.0. The van der Waals surface area contributed by atoms with Gasteiger partial charge in [0, 0.05) is 11.4 Å². The van der Waals surface area contributed by atoms with Gasteiger partial charge in [-0.2, -0.15) is 51.1 Å². The topological polar surface area (TPSA) is 188 Å². The highest BCUT2D eigenvalue weighted by Crippen LogP contribution is 2.32. The number of azo groups is 5. The van der Waals surface area contributed by atoms with Crippen LogP contribution >= 0.6 is 0 Å². The normalized spacial score (nSPS) is 13.0. The van der Waals surface area contributed by atoms with Crippen molar-refractivity contribution in [2.45, 2.75) is 79.7 Å². The van der Waals surface area contributed by atoms with Gasteiger partial charge in [0.2, 0.25) is 0 Å². The molecule has 14 nitrogen and oxygen atoms in total. The summed E-state index contributed by atoms with van der Waals surface area (Å²) in [6.45, 7) is 11.9. The molecule has 0 aliphatic carbocycles. The van der Waals surface area contributed by atoms with Gasteiger partial charge in [0.1, 0.15) is 12.5 Å². The third kappa shape index (κ3) is 13.2. The van der Waals surface area contributed by atoms with Crippen LogP contribution in [0.4, 0.5) is 68.2 Å². The lowest BCUT2D eigenvalue weighted by molar-refractivity contribution is 0.191. The van der Waals surface area contributed by atoms with Gasteiger partial charge in [-0.25, -0.2) is 0 Å². The van der Waals surface area contributed by atoms with Crippen LogP contribution in [0.5, 0.6) is 0 Å². The highest BCUT2D eigenvalue weighted by Gasteiger charge is 2.07. The zero-order chi connectivity index (χ0) is 43.8. The van der Waals surface area contributed by atoms with Gasteiger partial charge in [-0.1, -0.05) is 26.7 Å². The number of hydrogen-bond acceptors (Lipinski definition) is 14. The maximum absolute atomic E-state index is 10.0. The second-order valence-electron chi connectivity index (χ2n) is 14.9. The van der Waals surface area contributed by atoms with E-state index in [4.69, 9.17) is 0 Å². The standard InChI is InChI=1S/C48H52N12O2/c1-7-9-47(61)49-39-19-23-43(31(3)27-39)59-55-41-21-25-45(33(5)29-41)57-53-37-15-11-35(12-16-37)51-52-36-13-17-38(18-14-36)54-58-46-26-22-42(30-34(46)6)56-60-44-24-20-40(28-32(44)4)50-48(62)10-8-2/h11-30,47-50,61-62H,7-10H2,1-6H3. The number of benzene rings is 6. The Bertz CT molecular complexity index is 2410. The molecule has 6 aromatic carbocycles. The van der Waals surface area contributed by atoms with E-state index >= 15 is 0 Å². The summed E-state index contributed by atoms with van der Waals surface area (Å²) in [5, 5.41) is 70.4. The van der Waals surface area contributed by atoms with Crippen LogP contribution in [0.2, 0.25) is 0 Å². The molecule has 2 atom stereocenters. The quantitative estimate of drug-likeness (QED) is 0.0496. The van der Waals surface area contributed by atoms with E-state index in [1.807, 2.05) is 163 Å². The zero-order valence-electron chi connectivity index (χ0n) is 35.9.